The quantitative estimate of drug-likeness (QED) is 0.581. The van der Waals surface area contributed by atoms with Crippen molar-refractivity contribution in [2.45, 2.75) is 61.3 Å². The number of aliphatic imine (C=N–C) groups is 1. The van der Waals surface area contributed by atoms with Gasteiger partial charge in [0.05, 0.1) is 5.69 Å². The van der Waals surface area contributed by atoms with Crippen LogP contribution in [0.25, 0.3) is 0 Å². The number of anilines is 2. The molecule has 1 aliphatic carbocycles. The molecule has 3 rings (SSSR count). The van der Waals surface area contributed by atoms with E-state index in [9.17, 15) is 0 Å². The first-order valence-corrected chi connectivity index (χ1v) is 10.2. The third-order valence-corrected chi connectivity index (χ3v) is 4.03. The lowest BCUT2D eigenvalue weighted by Gasteiger charge is -2.29. The maximum absolute atomic E-state index is 4.82. The molecule has 0 saturated carbocycles. The van der Waals surface area contributed by atoms with Gasteiger partial charge in [0.1, 0.15) is 0 Å². The Bertz CT molecular complexity index is 723. The second kappa shape index (κ2) is 11.4. The van der Waals surface area contributed by atoms with Gasteiger partial charge in [0, 0.05) is 17.1 Å². The average Bonchev–Trinajstić information content (AvgIpc) is 2.66. The van der Waals surface area contributed by atoms with Crippen LogP contribution < -0.4 is 5.32 Å². The lowest BCUT2D eigenvalue weighted by atomic mass is 9.77. The van der Waals surface area contributed by atoms with Crippen molar-refractivity contribution in [3.05, 3.63) is 66.2 Å². The summed E-state index contributed by atoms with van der Waals surface area (Å²) in [5.74, 6) is 0. The van der Waals surface area contributed by atoms with Crippen molar-refractivity contribution in [2.75, 3.05) is 5.32 Å². The molecule has 0 fully saturated rings. The topological polar surface area (TPSA) is 24.4 Å². The van der Waals surface area contributed by atoms with E-state index >= 15 is 0 Å². The van der Waals surface area contributed by atoms with Gasteiger partial charge in [-0.05, 0) is 67.7 Å². The van der Waals surface area contributed by atoms with E-state index in [1.54, 1.807) is 0 Å². The molecule has 0 bridgehead atoms. The molecular weight excluding hydrogens is 328 g/mol. The van der Waals surface area contributed by atoms with Gasteiger partial charge in [0.2, 0.25) is 0 Å². The van der Waals surface area contributed by atoms with Crippen LogP contribution in [0.2, 0.25) is 0 Å². The molecule has 0 spiro atoms. The van der Waals surface area contributed by atoms with Crippen molar-refractivity contribution in [1.82, 2.24) is 0 Å². The van der Waals surface area contributed by atoms with Crippen LogP contribution in [0.5, 0.6) is 0 Å². The minimum atomic E-state index is 0.312. The maximum atomic E-state index is 4.82. The molecular formula is C25H36N2. The molecule has 0 aromatic heterocycles. The van der Waals surface area contributed by atoms with Crippen LogP contribution in [0.15, 0.2) is 71.2 Å². The van der Waals surface area contributed by atoms with E-state index in [-0.39, 0.29) is 0 Å². The van der Waals surface area contributed by atoms with Gasteiger partial charge in [-0.2, -0.15) is 0 Å². The van der Waals surface area contributed by atoms with E-state index in [2.05, 4.69) is 68.6 Å². The molecule has 2 aromatic carbocycles. The summed E-state index contributed by atoms with van der Waals surface area (Å²) in [5.41, 5.74) is 6.10. The molecule has 0 saturated heterocycles. The molecule has 2 aromatic rings. The molecule has 0 heterocycles. The second-order valence-corrected chi connectivity index (χ2v) is 7.15. The zero-order valence-corrected chi connectivity index (χ0v) is 18.1. The normalized spacial score (nSPS) is 16.3. The minimum Gasteiger partial charge on any atom is -0.356 e. The van der Waals surface area contributed by atoms with Gasteiger partial charge in [-0.3, -0.25) is 4.99 Å². The summed E-state index contributed by atoms with van der Waals surface area (Å²) in [6, 6.07) is 18.5. The number of hydrogen-bond donors (Lipinski definition) is 1. The molecule has 0 amide bonds. The molecule has 27 heavy (non-hydrogen) atoms. The molecule has 1 aliphatic rings. The predicted octanol–water partition coefficient (Wildman–Crippen LogP) is 8.32. The van der Waals surface area contributed by atoms with Crippen LogP contribution in [0, 0.1) is 5.41 Å². The number of nitrogens with zero attached hydrogens (tertiary/aromatic N) is 1. The highest BCUT2D eigenvalue weighted by Gasteiger charge is 2.24. The average molecular weight is 365 g/mol. The Morgan fingerprint density at radius 1 is 0.778 bits per heavy atom. The zero-order valence-electron chi connectivity index (χ0n) is 18.1. The molecule has 0 aliphatic heterocycles. The number of para-hydroxylation sites is 1. The van der Waals surface area contributed by atoms with Gasteiger partial charge >= 0.3 is 0 Å². The number of benzene rings is 2. The molecule has 146 valence electrons. The summed E-state index contributed by atoms with van der Waals surface area (Å²) in [6.07, 6.45) is 4.43. The Kier molecular flexibility index (Phi) is 9.56. The van der Waals surface area contributed by atoms with Crippen molar-refractivity contribution in [1.29, 1.82) is 0 Å². The van der Waals surface area contributed by atoms with Crippen LogP contribution in [0.3, 0.4) is 0 Å². The predicted molar refractivity (Wildman–Crippen MR) is 123 cm³/mol. The van der Waals surface area contributed by atoms with Gasteiger partial charge in [-0.1, -0.05) is 65.3 Å². The minimum absolute atomic E-state index is 0.312. The number of allylic oxidation sites excluding steroid dienone is 2. The van der Waals surface area contributed by atoms with E-state index in [1.165, 1.54) is 11.3 Å². The number of hydrogen-bond acceptors (Lipinski definition) is 2. The summed E-state index contributed by atoms with van der Waals surface area (Å²) in [4.78, 5) is 4.82. The van der Waals surface area contributed by atoms with Gasteiger partial charge in [-0.25, -0.2) is 0 Å². The fourth-order valence-electron chi connectivity index (χ4n) is 3.24. The SMILES string of the molecule is CC.CC.CC1=CC(=Nc2ccc(Nc3ccccc3)cc2)CC(C)(C)C1. The molecule has 1 N–H and O–H groups in total. The van der Waals surface area contributed by atoms with Crippen LogP contribution >= 0.6 is 0 Å². The molecule has 2 heteroatoms. The van der Waals surface area contributed by atoms with Crippen LogP contribution in [0.1, 0.15) is 61.3 Å². The summed E-state index contributed by atoms with van der Waals surface area (Å²) in [7, 11) is 0. The fraction of sp³-hybridized carbons (Fsp3) is 0.400. The Morgan fingerprint density at radius 3 is 1.89 bits per heavy atom. The maximum Gasteiger partial charge on any atom is 0.0634 e. The lowest BCUT2D eigenvalue weighted by Crippen LogP contribution is -2.21. The third kappa shape index (κ3) is 7.82. The highest BCUT2D eigenvalue weighted by molar-refractivity contribution is 5.98. The summed E-state index contributed by atoms with van der Waals surface area (Å²) >= 11 is 0. The summed E-state index contributed by atoms with van der Waals surface area (Å²) < 4.78 is 0. The Morgan fingerprint density at radius 2 is 1.33 bits per heavy atom. The highest BCUT2D eigenvalue weighted by Crippen LogP contribution is 2.34. The second-order valence-electron chi connectivity index (χ2n) is 7.15. The summed E-state index contributed by atoms with van der Waals surface area (Å²) in [6.45, 7) is 14.8. The lowest BCUT2D eigenvalue weighted by molar-refractivity contribution is 0.373. The van der Waals surface area contributed by atoms with Crippen molar-refractivity contribution >= 4 is 22.8 Å². The summed E-state index contributed by atoms with van der Waals surface area (Å²) in [5, 5.41) is 3.39. The van der Waals surface area contributed by atoms with Crippen LogP contribution in [-0.2, 0) is 0 Å². The Balaban J connectivity index is 0.000000855. The first-order chi connectivity index (χ1) is 13.0. The van der Waals surface area contributed by atoms with E-state index < -0.39 is 0 Å². The van der Waals surface area contributed by atoms with Gasteiger partial charge in [0.25, 0.3) is 0 Å². The van der Waals surface area contributed by atoms with Gasteiger partial charge in [0.15, 0.2) is 0 Å². The van der Waals surface area contributed by atoms with E-state index in [0.717, 1.165) is 29.9 Å². The van der Waals surface area contributed by atoms with Crippen molar-refractivity contribution in [3.63, 3.8) is 0 Å². The fourth-order valence-corrected chi connectivity index (χ4v) is 3.24. The van der Waals surface area contributed by atoms with E-state index in [0.29, 0.717) is 5.41 Å². The third-order valence-electron chi connectivity index (χ3n) is 4.03. The van der Waals surface area contributed by atoms with E-state index in [4.69, 9.17) is 4.99 Å². The zero-order chi connectivity index (χ0) is 20.3. The van der Waals surface area contributed by atoms with Crippen molar-refractivity contribution in [3.8, 4) is 0 Å². The largest absolute Gasteiger partial charge is 0.356 e. The Labute approximate surface area is 166 Å². The first kappa shape index (κ1) is 22.7. The van der Waals surface area contributed by atoms with Gasteiger partial charge in [-0.15, -0.1) is 0 Å². The van der Waals surface area contributed by atoms with Gasteiger partial charge < -0.3 is 5.32 Å². The molecule has 2 nitrogen and oxygen atoms in total. The standard InChI is InChI=1S/C21H24N2.2C2H6/c1-16-13-20(15-21(2,3)14-16)23-19-11-9-18(10-12-19)22-17-7-5-4-6-8-17;2*1-2/h4-13,22H,14-15H2,1-3H3;2*1-2H3. The monoisotopic (exact) mass is 364 g/mol. The molecule has 0 atom stereocenters. The smallest absolute Gasteiger partial charge is 0.0634 e. The molecule has 0 unspecified atom stereocenters. The number of nitrogens with one attached hydrogen (secondary N) is 1. The first-order valence-electron chi connectivity index (χ1n) is 10.2. The number of rotatable bonds is 3. The van der Waals surface area contributed by atoms with Crippen molar-refractivity contribution < 1.29 is 0 Å². The molecule has 0 radical (unpaired) electrons. The van der Waals surface area contributed by atoms with Crippen LogP contribution in [-0.4, -0.2) is 5.71 Å². The van der Waals surface area contributed by atoms with Crippen molar-refractivity contribution in [2.24, 2.45) is 10.4 Å². The van der Waals surface area contributed by atoms with Crippen LogP contribution in [0.4, 0.5) is 17.1 Å². The highest BCUT2D eigenvalue weighted by atomic mass is 14.9. The Hall–Kier alpha value is -2.35. The van der Waals surface area contributed by atoms with E-state index in [1.807, 2.05) is 45.9 Å².